The van der Waals surface area contributed by atoms with Gasteiger partial charge in [0.2, 0.25) is 0 Å². The number of benzene rings is 13. The lowest BCUT2D eigenvalue weighted by Crippen LogP contribution is -2.33. The molecule has 4 aliphatic heterocycles. The average molecular weight is 1550 g/mol. The van der Waals surface area contributed by atoms with Crippen LogP contribution in [-0.2, 0) is 0 Å². The van der Waals surface area contributed by atoms with Gasteiger partial charge in [-0.1, -0.05) is 249 Å². The Hall–Kier alpha value is -15.6. The normalized spacial score (nSPS) is 19.4. The molecule has 570 valence electrons. The van der Waals surface area contributed by atoms with Crippen molar-refractivity contribution in [1.82, 2.24) is 33.1 Å². The molecule has 1 N–H and O–H groups in total. The maximum atomic E-state index is 6.43. The number of furan rings is 1. The van der Waals surface area contributed by atoms with E-state index in [2.05, 4.69) is 419 Å². The first-order chi connectivity index (χ1) is 60.1. The number of aromatic nitrogens is 6. The quantitative estimate of drug-likeness (QED) is 0.147. The van der Waals surface area contributed by atoms with Crippen LogP contribution < -0.4 is 20.0 Å². The number of nitrogens with zero attached hydrogens (tertiary/aromatic N) is 9. The topological polar surface area (TPSA) is 72.4 Å². The predicted octanol–water partition coefficient (Wildman–Crippen LogP) is 26.3. The second-order valence-corrected chi connectivity index (χ2v) is 33.2. The molecule has 7 aliphatic rings. The first-order valence-corrected chi connectivity index (χ1v) is 42.2. The third-order valence-electron chi connectivity index (χ3n) is 27.2. The smallest absolute Gasteiger partial charge is 0.200 e. The van der Waals surface area contributed by atoms with Crippen LogP contribution in [0.1, 0.15) is 34.7 Å². The van der Waals surface area contributed by atoms with Crippen LogP contribution in [0.15, 0.2) is 417 Å². The summed E-state index contributed by atoms with van der Waals surface area (Å²) in [6, 6.07) is 117. The van der Waals surface area contributed by atoms with E-state index >= 15 is 0 Å². The molecular weight excluding hydrogens is 1480 g/mol. The van der Waals surface area contributed by atoms with Gasteiger partial charge in [-0.25, -0.2) is 4.98 Å². The first-order valence-electron chi connectivity index (χ1n) is 42.2. The summed E-state index contributed by atoms with van der Waals surface area (Å²) in [4.78, 5) is 12.4. The molecule has 7 aromatic heterocycles. The predicted molar refractivity (Wildman–Crippen MR) is 497 cm³/mol. The number of anilines is 5. The molecule has 0 radical (unpaired) electrons. The largest absolute Gasteiger partial charge is 0.448 e. The van der Waals surface area contributed by atoms with Crippen molar-refractivity contribution in [2.24, 2.45) is 5.92 Å². The second-order valence-electron chi connectivity index (χ2n) is 33.2. The molecule has 20 aromatic rings. The van der Waals surface area contributed by atoms with Crippen LogP contribution in [0.3, 0.4) is 0 Å². The highest BCUT2D eigenvalue weighted by Gasteiger charge is 2.52. The van der Waals surface area contributed by atoms with Crippen LogP contribution in [-0.4, -0.2) is 45.9 Å². The molecule has 121 heavy (non-hydrogen) atoms. The lowest BCUT2D eigenvalue weighted by Gasteiger charge is -2.31. The highest BCUT2D eigenvalue weighted by molar-refractivity contribution is 6.26. The van der Waals surface area contributed by atoms with Gasteiger partial charge in [0.05, 0.1) is 79.6 Å². The van der Waals surface area contributed by atoms with E-state index in [0.29, 0.717) is 0 Å². The first kappa shape index (κ1) is 66.5. The van der Waals surface area contributed by atoms with Crippen LogP contribution in [0.4, 0.5) is 28.8 Å². The number of hydrogen-bond acceptors (Lipinski definition) is 6. The van der Waals surface area contributed by atoms with Crippen molar-refractivity contribution in [3.05, 3.63) is 429 Å². The minimum atomic E-state index is -0.363. The minimum Gasteiger partial charge on any atom is -0.448 e. The van der Waals surface area contributed by atoms with Gasteiger partial charge in [-0.2, -0.15) is 0 Å². The number of fused-ring (bicyclic) bond motifs is 27. The Balaban J connectivity index is 0.620. The molecule has 13 aromatic carbocycles. The van der Waals surface area contributed by atoms with E-state index in [1.807, 2.05) is 18.3 Å². The summed E-state index contributed by atoms with van der Waals surface area (Å²) >= 11 is 0. The van der Waals surface area contributed by atoms with Crippen molar-refractivity contribution in [1.29, 1.82) is 0 Å². The summed E-state index contributed by atoms with van der Waals surface area (Å²) in [6.07, 6.45) is 31.6. The fraction of sp³-hybridized carbons (Fsp3) is 0.0636. The molecule has 0 spiro atoms. The Morgan fingerprint density at radius 2 is 0.909 bits per heavy atom. The zero-order valence-corrected chi connectivity index (χ0v) is 65.6. The average Bonchev–Trinajstić information content (AvgIpc) is 1.55. The van der Waals surface area contributed by atoms with Crippen LogP contribution in [0.25, 0.3) is 149 Å². The summed E-state index contributed by atoms with van der Waals surface area (Å²) in [7, 11) is 0. The van der Waals surface area contributed by atoms with Crippen molar-refractivity contribution in [2.75, 3.05) is 14.7 Å². The molecule has 0 fully saturated rings. The Labute approximate surface area is 696 Å². The third kappa shape index (κ3) is 9.39. The summed E-state index contributed by atoms with van der Waals surface area (Å²) in [5, 5.41) is 16.3. The Kier molecular flexibility index (Phi) is 14.0. The number of dihydropyridines is 1. The lowest BCUT2D eigenvalue weighted by atomic mass is 9.76. The Bertz CT molecular complexity index is 8100. The Morgan fingerprint density at radius 3 is 1.60 bits per heavy atom. The standard InChI is InChI=1S/C110H74N10O/c1-5-25-71(26-6-1)113-95-58-56-79-75-33-13-17-37-88(75)114(72-27-7-2-8-28-72)106(79)105(95)86-51-47-68(65-97(86)113)67-48-57-92-87(63-67)83-55-54-80-76-34-14-18-38-89(76)115(73-29-9-3-10-30-73)107(80)110(83)120(92)101-43-23-42-100(112-101)119-90-39-19-15-35-77(90)81-52-53-82-78-49-45-69(64-96(78)116(108(82)109(81)119)74-31-11-4-12-32-74)70-46-50-85-98(66-70)118(102-44-24-62-121-102)94-60-59-93-103(104(85)94)84-36-16-20-40-91(84)117(93)99-41-21-22-61-111-99/h1-66,84,86,91,94,97,101,104,112H. The van der Waals surface area contributed by atoms with Gasteiger partial charge in [0, 0.05) is 129 Å². The van der Waals surface area contributed by atoms with E-state index in [1.165, 1.54) is 110 Å². The number of hydrogen-bond donors (Lipinski definition) is 1. The summed E-state index contributed by atoms with van der Waals surface area (Å²) in [5.74, 6) is 3.08. The molecule has 27 rings (SSSR count). The van der Waals surface area contributed by atoms with Gasteiger partial charge in [0.25, 0.3) is 0 Å². The fourth-order valence-electron chi connectivity index (χ4n) is 22.4. The molecule has 7 unspecified atom stereocenters. The molecular formula is C110H74N10O. The SMILES string of the molecule is C1=CC2C3=C(C=CC4C3c3ccc(-c5ccc6c7ccc8c9ccccc9n(C9=CC=CC(n%10c%11ccc(C%12=CC%13C(C=C%12)c%12c(ccc%14c%15ccccc%15n(-c%15ccccc%15)c%12%14)N%13c%12ccccc%12)cc%11c%11ccc%12c%13ccccc%13n(-c%13ccccc%13)c%12c%11%10)N9)c8c7n(-c7ccccc7)c6c5)cc3N4c3ccco3)N(c3ccccn3)C2C=C1. The zero-order valence-electron chi connectivity index (χ0n) is 65.6. The van der Waals surface area contributed by atoms with E-state index in [4.69, 9.17) is 9.40 Å². The summed E-state index contributed by atoms with van der Waals surface area (Å²) in [6.45, 7) is 0. The minimum absolute atomic E-state index is 0.000977. The molecule has 7 atom stereocenters. The highest BCUT2D eigenvalue weighted by atomic mass is 16.3. The van der Waals surface area contributed by atoms with Crippen molar-refractivity contribution in [3.63, 3.8) is 0 Å². The summed E-state index contributed by atoms with van der Waals surface area (Å²) < 4.78 is 19.1. The molecule has 11 heterocycles. The van der Waals surface area contributed by atoms with Crippen molar-refractivity contribution < 1.29 is 4.42 Å². The Morgan fingerprint density at radius 1 is 0.339 bits per heavy atom. The molecule has 11 nitrogen and oxygen atoms in total. The van der Waals surface area contributed by atoms with Gasteiger partial charge in [-0.05, 0) is 167 Å². The molecule has 0 saturated heterocycles. The van der Waals surface area contributed by atoms with E-state index in [9.17, 15) is 0 Å². The van der Waals surface area contributed by atoms with Gasteiger partial charge in [0.1, 0.15) is 17.8 Å². The van der Waals surface area contributed by atoms with E-state index in [-0.39, 0.29) is 42.0 Å². The highest BCUT2D eigenvalue weighted by Crippen LogP contribution is 2.60. The van der Waals surface area contributed by atoms with Crippen molar-refractivity contribution in [2.45, 2.75) is 36.1 Å². The van der Waals surface area contributed by atoms with E-state index < -0.39 is 0 Å². The molecule has 0 amide bonds. The maximum Gasteiger partial charge on any atom is 0.200 e. The number of para-hydroxylation sites is 7. The maximum absolute atomic E-state index is 6.43. The van der Waals surface area contributed by atoms with Crippen LogP contribution in [0, 0.1) is 5.92 Å². The second kappa shape index (κ2) is 25.5. The van der Waals surface area contributed by atoms with Crippen LogP contribution in [0.2, 0.25) is 0 Å². The lowest BCUT2D eigenvalue weighted by molar-refractivity contribution is 0.540. The number of allylic oxidation sites excluding steroid dienone is 7. The van der Waals surface area contributed by atoms with E-state index in [1.54, 1.807) is 6.26 Å². The van der Waals surface area contributed by atoms with Crippen molar-refractivity contribution >= 4 is 149 Å². The monoisotopic (exact) mass is 1550 g/mol. The third-order valence-corrected chi connectivity index (χ3v) is 27.2. The molecule has 0 bridgehead atoms. The zero-order chi connectivity index (χ0) is 78.8. The van der Waals surface area contributed by atoms with Crippen LogP contribution in [0.5, 0.6) is 0 Å². The molecule has 3 aliphatic carbocycles. The van der Waals surface area contributed by atoms with Gasteiger partial charge >= 0.3 is 0 Å². The van der Waals surface area contributed by atoms with Gasteiger partial charge < -0.3 is 42.7 Å². The number of nitrogens with one attached hydrogen (secondary N) is 1. The fourth-order valence-corrected chi connectivity index (χ4v) is 22.4. The van der Waals surface area contributed by atoms with Gasteiger partial charge in [-0.15, -0.1) is 0 Å². The van der Waals surface area contributed by atoms with E-state index in [0.717, 1.165) is 95.5 Å². The molecule has 11 heteroatoms. The van der Waals surface area contributed by atoms with Crippen LogP contribution >= 0.6 is 0 Å². The van der Waals surface area contributed by atoms with Gasteiger partial charge in [-0.3, -0.25) is 4.57 Å². The number of rotatable bonds is 10. The summed E-state index contributed by atoms with van der Waals surface area (Å²) in [5.41, 5.74) is 28.4. The number of pyridine rings is 1. The van der Waals surface area contributed by atoms with Gasteiger partial charge in [0.15, 0.2) is 5.88 Å². The van der Waals surface area contributed by atoms with Crippen molar-refractivity contribution in [3.8, 4) is 28.2 Å². The molecule has 0 saturated carbocycles.